The number of methoxy groups -OCH3 is 1. The smallest absolute Gasteiger partial charge is 0.431 e. The number of carbonyl (C=O) groups excluding carboxylic acids is 2. The number of dihydropyridines is 1. The van der Waals surface area contributed by atoms with Gasteiger partial charge in [-0.2, -0.15) is 13.2 Å². The van der Waals surface area contributed by atoms with E-state index in [1.165, 1.54) is 19.1 Å². The molecular weight excluding hydrogens is 601 g/mol. The number of nitrogens with zero attached hydrogens (tertiary/aromatic N) is 1. The molecule has 0 fully saturated rings. The quantitative estimate of drug-likeness (QED) is 0.114. The van der Waals surface area contributed by atoms with Crippen LogP contribution in [0.15, 0.2) is 71.1 Å². The molecule has 0 aliphatic carbocycles. The van der Waals surface area contributed by atoms with Crippen LogP contribution in [0.4, 0.5) is 18.9 Å². The third kappa shape index (κ3) is 7.40. The van der Waals surface area contributed by atoms with Crippen LogP contribution in [0.2, 0.25) is 0 Å². The Morgan fingerprint density at radius 2 is 1.77 bits per heavy atom. The van der Waals surface area contributed by atoms with E-state index in [4.69, 9.17) is 9.47 Å². The summed E-state index contributed by atoms with van der Waals surface area (Å²) >= 11 is 3.28. The van der Waals surface area contributed by atoms with Gasteiger partial charge in [-0.05, 0) is 43.0 Å². The highest BCUT2D eigenvalue weighted by molar-refractivity contribution is 9.09. The molecule has 0 radical (unpaired) electrons. The molecule has 0 bridgehead atoms. The Labute approximate surface area is 236 Å². The fraction of sp³-hybridized carbons (Fsp3) is 0.333. The van der Waals surface area contributed by atoms with Gasteiger partial charge in [-0.1, -0.05) is 40.2 Å². The predicted molar refractivity (Wildman–Crippen MR) is 142 cm³/mol. The van der Waals surface area contributed by atoms with E-state index in [0.29, 0.717) is 30.5 Å². The molecule has 2 aromatic carbocycles. The number of nitro groups is 1. The number of aryl methyl sites for hydroxylation is 1. The maximum atomic E-state index is 14.0. The maximum Gasteiger partial charge on any atom is 0.431 e. The number of alkyl halides is 4. The van der Waals surface area contributed by atoms with Crippen LogP contribution in [-0.4, -0.2) is 48.7 Å². The standard InChI is InChI=1S/C27H26BrF3N2O7/c1-16-21(26(35)40-13-4-5-17-8-10-20(11-9-17)39-14-12-28)22(18-6-3-7-19(15-18)33(36)37)23(25(34)38-2)24(32-16)27(29,30)31/h3,6-11,15,22,32H,4-5,12-14H2,1-2H3. The second kappa shape index (κ2) is 13.5. The normalized spacial score (nSPS) is 15.4. The monoisotopic (exact) mass is 626 g/mol. The molecule has 0 amide bonds. The molecule has 1 atom stereocenters. The first-order valence-corrected chi connectivity index (χ1v) is 13.2. The largest absolute Gasteiger partial charge is 0.493 e. The van der Waals surface area contributed by atoms with Crippen molar-refractivity contribution in [2.24, 2.45) is 0 Å². The van der Waals surface area contributed by atoms with Crippen molar-refractivity contribution >= 4 is 33.6 Å². The van der Waals surface area contributed by atoms with Crippen LogP contribution >= 0.6 is 15.9 Å². The van der Waals surface area contributed by atoms with Crippen molar-refractivity contribution in [2.75, 3.05) is 25.7 Å². The number of allylic oxidation sites excluding steroid dienone is 2. The van der Waals surface area contributed by atoms with Crippen LogP contribution < -0.4 is 10.1 Å². The van der Waals surface area contributed by atoms with Crippen molar-refractivity contribution in [3.8, 4) is 5.75 Å². The van der Waals surface area contributed by atoms with Crippen molar-refractivity contribution in [3.63, 3.8) is 0 Å². The van der Waals surface area contributed by atoms with Crippen molar-refractivity contribution in [1.29, 1.82) is 0 Å². The van der Waals surface area contributed by atoms with Gasteiger partial charge < -0.3 is 19.5 Å². The molecule has 214 valence electrons. The van der Waals surface area contributed by atoms with Crippen LogP contribution in [0.25, 0.3) is 0 Å². The van der Waals surface area contributed by atoms with Gasteiger partial charge in [0, 0.05) is 23.2 Å². The number of carbonyl (C=O) groups is 2. The lowest BCUT2D eigenvalue weighted by molar-refractivity contribution is -0.384. The molecule has 1 unspecified atom stereocenters. The number of non-ortho nitro benzene ring substituents is 1. The van der Waals surface area contributed by atoms with Crippen LogP contribution in [0.1, 0.15) is 30.4 Å². The van der Waals surface area contributed by atoms with Gasteiger partial charge in [0.2, 0.25) is 0 Å². The Hall–Kier alpha value is -3.87. The summed E-state index contributed by atoms with van der Waals surface area (Å²) < 4.78 is 57.5. The molecule has 1 aliphatic rings. The van der Waals surface area contributed by atoms with Crippen molar-refractivity contribution in [3.05, 3.63) is 92.3 Å². The maximum absolute atomic E-state index is 14.0. The Kier molecular flexibility index (Phi) is 10.3. The fourth-order valence-electron chi connectivity index (χ4n) is 4.23. The lowest BCUT2D eigenvalue weighted by atomic mass is 9.80. The summed E-state index contributed by atoms with van der Waals surface area (Å²) in [6.07, 6.45) is -4.07. The van der Waals surface area contributed by atoms with Crippen LogP contribution in [-0.2, 0) is 25.5 Å². The highest BCUT2D eigenvalue weighted by Crippen LogP contribution is 2.44. The summed E-state index contributed by atoms with van der Waals surface area (Å²) in [5.41, 5.74) is -2.38. The third-order valence-electron chi connectivity index (χ3n) is 6.00. The van der Waals surface area contributed by atoms with Gasteiger partial charge in [0.1, 0.15) is 11.4 Å². The van der Waals surface area contributed by atoms with Crippen LogP contribution in [0.3, 0.4) is 0 Å². The number of nitro benzene ring substituents is 1. The summed E-state index contributed by atoms with van der Waals surface area (Å²) in [6, 6.07) is 12.1. The summed E-state index contributed by atoms with van der Waals surface area (Å²) in [7, 11) is 0.900. The van der Waals surface area contributed by atoms with E-state index in [1.54, 1.807) is 0 Å². The zero-order chi connectivity index (χ0) is 29.4. The van der Waals surface area contributed by atoms with E-state index >= 15 is 0 Å². The number of esters is 2. The van der Waals surface area contributed by atoms with Crippen LogP contribution in [0, 0.1) is 10.1 Å². The molecule has 1 N–H and O–H groups in total. The van der Waals surface area contributed by atoms with E-state index in [0.717, 1.165) is 24.8 Å². The highest BCUT2D eigenvalue weighted by Gasteiger charge is 2.47. The second-order valence-corrected chi connectivity index (χ2v) is 9.44. The molecule has 1 aliphatic heterocycles. The van der Waals surface area contributed by atoms with Crippen LogP contribution in [0.5, 0.6) is 5.75 Å². The van der Waals surface area contributed by atoms with Gasteiger partial charge in [0.25, 0.3) is 5.69 Å². The first-order valence-electron chi connectivity index (χ1n) is 12.0. The Morgan fingerprint density at radius 1 is 1.07 bits per heavy atom. The molecule has 3 rings (SSSR count). The van der Waals surface area contributed by atoms with E-state index in [-0.39, 0.29) is 23.4 Å². The lowest BCUT2D eigenvalue weighted by Crippen LogP contribution is -2.38. The molecule has 0 saturated carbocycles. The third-order valence-corrected chi connectivity index (χ3v) is 6.32. The number of hydrogen-bond donors (Lipinski definition) is 1. The van der Waals surface area contributed by atoms with Gasteiger partial charge in [-0.25, -0.2) is 9.59 Å². The summed E-state index contributed by atoms with van der Waals surface area (Å²) in [5, 5.41) is 14.2. The lowest BCUT2D eigenvalue weighted by Gasteiger charge is -2.31. The minimum absolute atomic E-state index is 0.0670. The number of hydrogen-bond acceptors (Lipinski definition) is 8. The van der Waals surface area contributed by atoms with Gasteiger partial charge in [-0.15, -0.1) is 0 Å². The van der Waals surface area contributed by atoms with Gasteiger partial charge in [0.15, 0.2) is 0 Å². The second-order valence-electron chi connectivity index (χ2n) is 8.65. The minimum atomic E-state index is -5.02. The van der Waals surface area contributed by atoms with Crippen molar-refractivity contribution in [2.45, 2.75) is 31.9 Å². The SMILES string of the molecule is COC(=O)C1=C(C(F)(F)F)NC(C)=C(C(=O)OCCCc2ccc(OCCBr)cc2)C1c1cccc([N+](=O)[O-])c1. The van der Waals surface area contributed by atoms with E-state index in [9.17, 15) is 32.9 Å². The zero-order valence-electron chi connectivity index (χ0n) is 21.5. The Bertz CT molecular complexity index is 1320. The Morgan fingerprint density at radius 3 is 2.38 bits per heavy atom. The van der Waals surface area contributed by atoms with Gasteiger partial charge in [0.05, 0.1) is 42.3 Å². The zero-order valence-corrected chi connectivity index (χ0v) is 23.1. The first kappa shape index (κ1) is 30.7. The molecule has 0 spiro atoms. The van der Waals surface area contributed by atoms with Gasteiger partial charge >= 0.3 is 18.1 Å². The molecule has 9 nitrogen and oxygen atoms in total. The van der Waals surface area contributed by atoms with E-state index in [2.05, 4.69) is 26.0 Å². The summed E-state index contributed by atoms with van der Waals surface area (Å²) in [5.74, 6) is -3.24. The minimum Gasteiger partial charge on any atom is -0.493 e. The number of rotatable bonds is 11. The molecular formula is C27H26BrF3N2O7. The molecule has 0 saturated heterocycles. The Balaban J connectivity index is 1.87. The average Bonchev–Trinajstić information content (AvgIpc) is 2.93. The summed E-state index contributed by atoms with van der Waals surface area (Å²) in [4.78, 5) is 36.5. The molecule has 2 aromatic rings. The molecule has 0 aromatic heterocycles. The summed E-state index contributed by atoms with van der Waals surface area (Å²) in [6.45, 7) is 1.69. The predicted octanol–water partition coefficient (Wildman–Crippen LogP) is 5.49. The topological polar surface area (TPSA) is 117 Å². The highest BCUT2D eigenvalue weighted by atomic mass is 79.9. The number of benzene rings is 2. The first-order chi connectivity index (χ1) is 19.0. The fourth-order valence-corrected chi connectivity index (χ4v) is 4.39. The van der Waals surface area contributed by atoms with Crippen molar-refractivity contribution < 1.29 is 41.9 Å². The van der Waals surface area contributed by atoms with E-state index < -0.39 is 45.9 Å². The molecule has 1 heterocycles. The molecule has 40 heavy (non-hydrogen) atoms. The molecule has 13 heteroatoms. The number of nitrogens with one attached hydrogen (secondary N) is 1. The van der Waals surface area contributed by atoms with Crippen molar-refractivity contribution in [1.82, 2.24) is 5.32 Å². The average molecular weight is 627 g/mol. The van der Waals surface area contributed by atoms with E-state index in [1.807, 2.05) is 24.3 Å². The number of halogens is 4. The number of ether oxygens (including phenoxy) is 3. The van der Waals surface area contributed by atoms with Gasteiger partial charge in [-0.3, -0.25) is 10.1 Å².